The van der Waals surface area contributed by atoms with Gasteiger partial charge in [-0.05, 0) is 83.0 Å². The van der Waals surface area contributed by atoms with Gasteiger partial charge in [-0.1, -0.05) is 86.0 Å². The quantitative estimate of drug-likeness (QED) is 0.426. The third-order valence-corrected chi connectivity index (χ3v) is 5.41. The molecule has 28 heavy (non-hydrogen) atoms. The van der Waals surface area contributed by atoms with Crippen molar-refractivity contribution in [1.82, 2.24) is 0 Å². The zero-order valence-corrected chi connectivity index (χ0v) is 17.3. The Morgan fingerprint density at radius 1 is 0.679 bits per heavy atom. The Bertz CT molecular complexity index is 1120. The molecule has 0 heterocycles. The second-order valence-electron chi connectivity index (χ2n) is 7.04. The van der Waals surface area contributed by atoms with Gasteiger partial charge >= 0.3 is 0 Å². The molecule has 3 aromatic rings. The van der Waals surface area contributed by atoms with E-state index in [0.717, 1.165) is 11.1 Å². The average molecular weight is 365 g/mol. The fourth-order valence-corrected chi connectivity index (χ4v) is 4.12. The molecule has 0 aliphatic rings. The predicted molar refractivity (Wildman–Crippen MR) is 128 cm³/mol. The largest absolute Gasteiger partial charge is 0.0984 e. The van der Waals surface area contributed by atoms with Gasteiger partial charge < -0.3 is 0 Å². The highest BCUT2D eigenvalue weighted by Crippen LogP contribution is 2.41. The first kappa shape index (κ1) is 19.6. The predicted octanol–water partition coefficient (Wildman–Crippen LogP) is 8.48. The Morgan fingerprint density at radius 2 is 1.29 bits per heavy atom. The summed E-state index contributed by atoms with van der Waals surface area (Å²) in [5, 5.41) is 2.55. The van der Waals surface area contributed by atoms with Gasteiger partial charge in [-0.3, -0.25) is 0 Å². The average Bonchev–Trinajstić information content (AvgIpc) is 2.71. The Labute approximate surface area is 169 Å². The lowest BCUT2D eigenvalue weighted by Gasteiger charge is -2.22. The fourth-order valence-electron chi connectivity index (χ4n) is 4.12. The molecule has 0 unspecified atom stereocenters. The smallest absolute Gasteiger partial charge is 0.00207 e. The first-order chi connectivity index (χ1) is 13.6. The van der Waals surface area contributed by atoms with Crippen LogP contribution >= 0.6 is 0 Å². The fraction of sp³-hybridized carbons (Fsp3) is 0.143. The van der Waals surface area contributed by atoms with Crippen LogP contribution in [-0.2, 0) is 0 Å². The summed E-state index contributed by atoms with van der Waals surface area (Å²) < 4.78 is 0. The molecule has 0 atom stereocenters. The zero-order valence-electron chi connectivity index (χ0n) is 17.3. The van der Waals surface area contributed by atoms with E-state index >= 15 is 0 Å². The number of aryl methyl sites for hydroxylation is 1. The molecule has 0 aliphatic carbocycles. The van der Waals surface area contributed by atoms with E-state index < -0.39 is 0 Å². The zero-order chi connectivity index (χ0) is 20.3. The van der Waals surface area contributed by atoms with Gasteiger partial charge in [-0.2, -0.15) is 0 Å². The molecule has 0 spiro atoms. The van der Waals surface area contributed by atoms with E-state index in [9.17, 15) is 0 Å². The summed E-state index contributed by atoms with van der Waals surface area (Å²) in [7, 11) is 0. The molecule has 0 aromatic heterocycles. The van der Waals surface area contributed by atoms with Crippen LogP contribution in [0, 0.1) is 13.8 Å². The maximum absolute atomic E-state index is 4.15. The summed E-state index contributed by atoms with van der Waals surface area (Å²) in [4.78, 5) is 0. The minimum Gasteiger partial charge on any atom is -0.0984 e. The summed E-state index contributed by atoms with van der Waals surface area (Å²) in [6.45, 7) is 16.7. The minimum atomic E-state index is 1.14. The van der Waals surface area contributed by atoms with E-state index in [1.165, 1.54) is 44.2 Å². The number of hydrogen-bond acceptors (Lipinski definition) is 0. The van der Waals surface area contributed by atoms with E-state index in [4.69, 9.17) is 0 Å². The second-order valence-corrected chi connectivity index (χ2v) is 7.04. The SMILES string of the molecule is C=Cc1c(C)c(/C=C\C)c(/C=C\C)c(-c2ccc(C)c3ccccc23)c1C=C. The topological polar surface area (TPSA) is 0 Å². The van der Waals surface area contributed by atoms with Crippen LogP contribution in [0.5, 0.6) is 0 Å². The normalized spacial score (nSPS) is 11.6. The molecule has 0 saturated carbocycles. The summed E-state index contributed by atoms with van der Waals surface area (Å²) in [5.41, 5.74) is 9.73. The molecule has 0 amide bonds. The summed E-state index contributed by atoms with van der Waals surface area (Å²) in [6.07, 6.45) is 12.6. The highest BCUT2D eigenvalue weighted by atomic mass is 14.2. The van der Waals surface area contributed by atoms with Gasteiger partial charge in [0.2, 0.25) is 0 Å². The lowest BCUT2D eigenvalue weighted by molar-refractivity contribution is 1.38. The number of benzene rings is 3. The van der Waals surface area contributed by atoms with Crippen LogP contribution in [0.15, 0.2) is 61.7 Å². The summed E-state index contributed by atoms with van der Waals surface area (Å²) >= 11 is 0. The Hall–Kier alpha value is -3.12. The molecule has 0 aliphatic heterocycles. The van der Waals surface area contributed by atoms with E-state index in [0.29, 0.717) is 0 Å². The van der Waals surface area contributed by atoms with Gasteiger partial charge in [0, 0.05) is 0 Å². The number of fused-ring (bicyclic) bond motifs is 1. The van der Waals surface area contributed by atoms with Crippen LogP contribution in [0.4, 0.5) is 0 Å². The summed E-state index contributed by atoms with van der Waals surface area (Å²) in [5.74, 6) is 0. The molecule has 3 rings (SSSR count). The van der Waals surface area contributed by atoms with Gasteiger partial charge in [-0.25, -0.2) is 0 Å². The van der Waals surface area contributed by atoms with Gasteiger partial charge in [0.1, 0.15) is 0 Å². The molecule has 0 saturated heterocycles. The molecule has 0 nitrogen and oxygen atoms in total. The maximum atomic E-state index is 4.15. The molecule has 0 radical (unpaired) electrons. The Kier molecular flexibility index (Phi) is 5.80. The van der Waals surface area contributed by atoms with Crippen LogP contribution in [-0.4, -0.2) is 0 Å². The van der Waals surface area contributed by atoms with Gasteiger partial charge in [0.15, 0.2) is 0 Å². The first-order valence-electron chi connectivity index (χ1n) is 9.78. The Balaban J connectivity index is 2.61. The van der Waals surface area contributed by atoms with Gasteiger partial charge in [-0.15, -0.1) is 0 Å². The van der Waals surface area contributed by atoms with Crippen LogP contribution < -0.4 is 0 Å². The van der Waals surface area contributed by atoms with Crippen molar-refractivity contribution in [3.63, 3.8) is 0 Å². The van der Waals surface area contributed by atoms with Crippen molar-refractivity contribution < 1.29 is 0 Å². The monoisotopic (exact) mass is 364 g/mol. The van der Waals surface area contributed by atoms with Crippen LogP contribution in [0.1, 0.15) is 47.2 Å². The highest BCUT2D eigenvalue weighted by molar-refractivity contribution is 6.04. The van der Waals surface area contributed by atoms with E-state index in [-0.39, 0.29) is 0 Å². The van der Waals surface area contributed by atoms with Crippen molar-refractivity contribution in [3.8, 4) is 11.1 Å². The molecule has 0 fully saturated rings. The number of hydrogen-bond donors (Lipinski definition) is 0. The molecule has 140 valence electrons. The van der Waals surface area contributed by atoms with Gasteiger partial charge in [0.05, 0.1) is 0 Å². The van der Waals surface area contributed by atoms with Crippen molar-refractivity contribution in [1.29, 1.82) is 0 Å². The van der Waals surface area contributed by atoms with E-state index in [2.05, 4.69) is 102 Å². The number of allylic oxidation sites excluding steroid dienone is 2. The van der Waals surface area contributed by atoms with Crippen molar-refractivity contribution in [2.45, 2.75) is 27.7 Å². The highest BCUT2D eigenvalue weighted by Gasteiger charge is 2.19. The third-order valence-electron chi connectivity index (χ3n) is 5.41. The third kappa shape index (κ3) is 3.16. The van der Waals surface area contributed by atoms with Crippen molar-refractivity contribution in [2.75, 3.05) is 0 Å². The van der Waals surface area contributed by atoms with Crippen LogP contribution in [0.2, 0.25) is 0 Å². The van der Waals surface area contributed by atoms with E-state index in [1.807, 2.05) is 12.2 Å². The lowest BCUT2D eigenvalue weighted by Crippen LogP contribution is -2.01. The molecule has 3 aromatic carbocycles. The standard InChI is InChI=1S/C28H28/c1-7-13-24-20(6)21(9-3)22(10-4)28(26(24)14-8-2)27-18-17-19(5)23-15-11-12-16-25(23)27/h7-18H,3-4H2,1-2,5-6H3/b13-7-,14-8-. The molecule has 0 heteroatoms. The van der Waals surface area contributed by atoms with Crippen molar-refractivity contribution >= 4 is 35.1 Å². The minimum absolute atomic E-state index is 1.14. The lowest BCUT2D eigenvalue weighted by atomic mass is 9.82. The van der Waals surface area contributed by atoms with Gasteiger partial charge in [0.25, 0.3) is 0 Å². The van der Waals surface area contributed by atoms with E-state index in [1.54, 1.807) is 0 Å². The molecular formula is C28H28. The van der Waals surface area contributed by atoms with Crippen molar-refractivity contribution in [2.24, 2.45) is 0 Å². The molecule has 0 N–H and O–H groups in total. The molecular weight excluding hydrogens is 336 g/mol. The van der Waals surface area contributed by atoms with Crippen molar-refractivity contribution in [3.05, 3.63) is 95.1 Å². The second kappa shape index (κ2) is 8.27. The number of rotatable bonds is 5. The molecule has 0 bridgehead atoms. The van der Waals surface area contributed by atoms with Crippen LogP contribution in [0.25, 0.3) is 46.2 Å². The Morgan fingerprint density at radius 3 is 1.89 bits per heavy atom. The first-order valence-corrected chi connectivity index (χ1v) is 9.78. The maximum Gasteiger partial charge on any atom is -0.00207 e. The summed E-state index contributed by atoms with van der Waals surface area (Å²) in [6, 6.07) is 13.1. The van der Waals surface area contributed by atoms with Crippen LogP contribution in [0.3, 0.4) is 0 Å².